The van der Waals surface area contributed by atoms with Crippen LogP contribution in [0.4, 0.5) is 0 Å². The zero-order valence-electron chi connectivity index (χ0n) is 11.0. The molecule has 0 aromatic rings. The summed E-state index contributed by atoms with van der Waals surface area (Å²) < 4.78 is 15.7. The fourth-order valence-electron chi connectivity index (χ4n) is 2.77. The van der Waals surface area contributed by atoms with Gasteiger partial charge < -0.3 is 19.5 Å². The molecule has 2 atom stereocenters. The van der Waals surface area contributed by atoms with Gasteiger partial charge in [0.2, 0.25) is 0 Å². The maximum atomic E-state index is 11.0. The summed E-state index contributed by atoms with van der Waals surface area (Å²) in [5, 5.41) is 3.58. The average Bonchev–Trinajstić information content (AvgIpc) is 2.69. The molecule has 2 rings (SSSR count). The molecule has 2 bridgehead atoms. The number of hydrogen-bond donors (Lipinski definition) is 1. The summed E-state index contributed by atoms with van der Waals surface area (Å²) in [4.78, 5) is 11.0. The second-order valence-corrected chi connectivity index (χ2v) is 4.96. The Labute approximate surface area is 108 Å². The molecule has 0 amide bonds. The van der Waals surface area contributed by atoms with Crippen LogP contribution in [0, 0.1) is 0 Å². The SMILES string of the molecule is CCOC(=O)COCCOC1CC2CCC(C1)N2. The van der Waals surface area contributed by atoms with Crippen molar-refractivity contribution < 1.29 is 19.0 Å². The lowest BCUT2D eigenvalue weighted by Crippen LogP contribution is -2.41. The van der Waals surface area contributed by atoms with Crippen molar-refractivity contribution in [1.29, 1.82) is 0 Å². The second-order valence-electron chi connectivity index (χ2n) is 4.96. The molecular formula is C13H23NO4. The van der Waals surface area contributed by atoms with Crippen LogP contribution in [0.2, 0.25) is 0 Å². The first-order valence-corrected chi connectivity index (χ1v) is 6.89. The van der Waals surface area contributed by atoms with Crippen molar-refractivity contribution in [2.75, 3.05) is 26.4 Å². The Kier molecular flexibility index (Phi) is 5.41. The number of nitrogens with one attached hydrogen (secondary N) is 1. The summed E-state index contributed by atoms with van der Waals surface area (Å²) in [6.07, 6.45) is 5.13. The van der Waals surface area contributed by atoms with Gasteiger partial charge in [0.25, 0.3) is 0 Å². The molecule has 2 aliphatic rings. The van der Waals surface area contributed by atoms with Gasteiger partial charge in [0.1, 0.15) is 6.61 Å². The lowest BCUT2D eigenvalue weighted by molar-refractivity contribution is -0.149. The molecule has 2 saturated heterocycles. The van der Waals surface area contributed by atoms with Crippen LogP contribution in [0.5, 0.6) is 0 Å². The van der Waals surface area contributed by atoms with E-state index in [1.807, 2.05) is 0 Å². The van der Waals surface area contributed by atoms with Crippen LogP contribution in [0.15, 0.2) is 0 Å². The first kappa shape index (κ1) is 13.8. The van der Waals surface area contributed by atoms with Crippen molar-refractivity contribution in [2.24, 2.45) is 0 Å². The Bertz CT molecular complexity index is 260. The predicted octanol–water partition coefficient (Wildman–Crippen LogP) is 0.866. The second kappa shape index (κ2) is 7.07. The summed E-state index contributed by atoms with van der Waals surface area (Å²) in [5.74, 6) is -0.308. The summed E-state index contributed by atoms with van der Waals surface area (Å²) in [6, 6.07) is 1.29. The van der Waals surface area contributed by atoms with E-state index in [0.29, 0.717) is 38.0 Å². The highest BCUT2D eigenvalue weighted by Crippen LogP contribution is 2.28. The summed E-state index contributed by atoms with van der Waals surface area (Å²) >= 11 is 0. The largest absolute Gasteiger partial charge is 0.464 e. The molecule has 104 valence electrons. The van der Waals surface area contributed by atoms with E-state index in [9.17, 15) is 4.79 Å². The Hall–Kier alpha value is -0.650. The molecule has 0 aromatic carbocycles. The number of rotatable bonds is 7. The summed E-state index contributed by atoms with van der Waals surface area (Å²) in [5.41, 5.74) is 0. The van der Waals surface area contributed by atoms with Crippen LogP contribution in [-0.4, -0.2) is 50.6 Å². The number of ether oxygens (including phenoxy) is 3. The Balaban J connectivity index is 1.49. The maximum Gasteiger partial charge on any atom is 0.332 e. The minimum Gasteiger partial charge on any atom is -0.464 e. The number of piperidine rings is 1. The molecule has 0 saturated carbocycles. The first-order valence-electron chi connectivity index (χ1n) is 6.89. The topological polar surface area (TPSA) is 56.8 Å². The number of esters is 1. The van der Waals surface area contributed by atoms with Gasteiger partial charge in [0, 0.05) is 12.1 Å². The predicted molar refractivity (Wildman–Crippen MR) is 66.4 cm³/mol. The zero-order chi connectivity index (χ0) is 12.8. The van der Waals surface area contributed by atoms with Gasteiger partial charge in [-0.05, 0) is 32.6 Å². The van der Waals surface area contributed by atoms with Gasteiger partial charge >= 0.3 is 5.97 Å². The summed E-state index contributed by atoms with van der Waals surface area (Å²) in [7, 11) is 0. The lowest BCUT2D eigenvalue weighted by Gasteiger charge is -2.29. The number of carbonyl (C=O) groups excluding carboxylic acids is 1. The molecule has 2 fully saturated rings. The average molecular weight is 257 g/mol. The van der Waals surface area contributed by atoms with E-state index in [0.717, 1.165) is 12.8 Å². The van der Waals surface area contributed by atoms with E-state index < -0.39 is 0 Å². The van der Waals surface area contributed by atoms with Crippen LogP contribution >= 0.6 is 0 Å². The minimum atomic E-state index is -0.308. The maximum absolute atomic E-state index is 11.0. The molecule has 18 heavy (non-hydrogen) atoms. The smallest absolute Gasteiger partial charge is 0.332 e. The highest BCUT2D eigenvalue weighted by Gasteiger charge is 2.33. The zero-order valence-corrected chi connectivity index (χ0v) is 11.0. The third kappa shape index (κ3) is 4.23. The molecule has 0 spiro atoms. The van der Waals surface area contributed by atoms with Gasteiger partial charge in [-0.1, -0.05) is 0 Å². The molecule has 0 aromatic heterocycles. The first-order chi connectivity index (χ1) is 8.78. The van der Waals surface area contributed by atoms with Gasteiger partial charge in [-0.15, -0.1) is 0 Å². The van der Waals surface area contributed by atoms with Crippen LogP contribution in [-0.2, 0) is 19.0 Å². The quantitative estimate of drug-likeness (QED) is 0.541. The number of carbonyl (C=O) groups is 1. The van der Waals surface area contributed by atoms with Gasteiger partial charge in [0.15, 0.2) is 0 Å². The lowest BCUT2D eigenvalue weighted by atomic mass is 10.0. The van der Waals surface area contributed by atoms with Crippen molar-refractivity contribution in [2.45, 2.75) is 50.8 Å². The molecular weight excluding hydrogens is 234 g/mol. The Morgan fingerprint density at radius 2 is 1.94 bits per heavy atom. The third-order valence-electron chi connectivity index (χ3n) is 3.54. The van der Waals surface area contributed by atoms with E-state index in [-0.39, 0.29) is 12.6 Å². The van der Waals surface area contributed by atoms with E-state index in [2.05, 4.69) is 5.32 Å². The van der Waals surface area contributed by atoms with Crippen LogP contribution in [0.3, 0.4) is 0 Å². The molecule has 5 heteroatoms. The molecule has 2 unspecified atom stereocenters. The van der Waals surface area contributed by atoms with Crippen molar-refractivity contribution in [3.8, 4) is 0 Å². The standard InChI is InChI=1S/C13H23NO4/c1-2-17-13(15)9-16-5-6-18-12-7-10-3-4-11(8-12)14-10/h10-12,14H,2-9H2,1H3. The highest BCUT2D eigenvalue weighted by molar-refractivity contribution is 5.70. The van der Waals surface area contributed by atoms with Crippen molar-refractivity contribution >= 4 is 5.97 Å². The normalized spacial score (nSPS) is 30.4. The fourth-order valence-corrected chi connectivity index (χ4v) is 2.77. The van der Waals surface area contributed by atoms with Crippen molar-refractivity contribution in [1.82, 2.24) is 5.32 Å². The van der Waals surface area contributed by atoms with Crippen LogP contribution in [0.1, 0.15) is 32.6 Å². The number of fused-ring (bicyclic) bond motifs is 2. The summed E-state index contributed by atoms with van der Waals surface area (Å²) in [6.45, 7) is 3.22. The fraction of sp³-hybridized carbons (Fsp3) is 0.923. The monoisotopic (exact) mass is 257 g/mol. The van der Waals surface area contributed by atoms with Crippen molar-refractivity contribution in [3.63, 3.8) is 0 Å². The highest BCUT2D eigenvalue weighted by atomic mass is 16.6. The molecule has 1 N–H and O–H groups in total. The molecule has 0 radical (unpaired) electrons. The van der Waals surface area contributed by atoms with E-state index in [1.54, 1.807) is 6.92 Å². The van der Waals surface area contributed by atoms with E-state index in [4.69, 9.17) is 14.2 Å². The molecule has 2 aliphatic heterocycles. The van der Waals surface area contributed by atoms with Gasteiger partial charge in [-0.25, -0.2) is 4.79 Å². The van der Waals surface area contributed by atoms with Crippen molar-refractivity contribution in [3.05, 3.63) is 0 Å². The molecule has 5 nitrogen and oxygen atoms in total. The van der Waals surface area contributed by atoms with E-state index >= 15 is 0 Å². The van der Waals surface area contributed by atoms with Gasteiger partial charge in [-0.3, -0.25) is 0 Å². The van der Waals surface area contributed by atoms with Crippen LogP contribution < -0.4 is 5.32 Å². The van der Waals surface area contributed by atoms with Gasteiger partial charge in [-0.2, -0.15) is 0 Å². The number of hydrogen-bond acceptors (Lipinski definition) is 5. The Morgan fingerprint density at radius 3 is 2.61 bits per heavy atom. The molecule has 2 heterocycles. The van der Waals surface area contributed by atoms with Crippen LogP contribution in [0.25, 0.3) is 0 Å². The third-order valence-corrected chi connectivity index (χ3v) is 3.54. The Morgan fingerprint density at radius 1 is 1.22 bits per heavy atom. The van der Waals surface area contributed by atoms with Gasteiger partial charge in [0.05, 0.1) is 25.9 Å². The molecule has 0 aliphatic carbocycles. The minimum absolute atomic E-state index is 0.0225. The van der Waals surface area contributed by atoms with E-state index in [1.165, 1.54) is 12.8 Å².